The summed E-state index contributed by atoms with van der Waals surface area (Å²) in [5.74, 6) is -0.723. The highest BCUT2D eigenvalue weighted by Crippen LogP contribution is 2.34. The van der Waals surface area contributed by atoms with Gasteiger partial charge in [-0.3, -0.25) is 4.79 Å². The standard InChI is InChI=1S/C25H31FN6O3.C2H6/c1-14-6-7-18(17(26)9-14)28-19-11-21-20(29-31-30-21)10-16(19)23(33)32-12-25(35,13-32)15(2)27-22-5-4-8-24(22,3)34;1-2/h6-7,9-11,15,22,27-28,34-35H,4-5,8,12-13H2,1-3H3,(H,29,30,31);1-2H3. The van der Waals surface area contributed by atoms with Gasteiger partial charge in [0, 0.05) is 12.1 Å². The monoisotopic (exact) mass is 512 g/mol. The van der Waals surface area contributed by atoms with Crippen LogP contribution in [0.4, 0.5) is 15.8 Å². The molecule has 5 rings (SSSR count). The second-order valence-corrected chi connectivity index (χ2v) is 10.3. The number of H-pyrrole nitrogens is 1. The molecule has 3 aromatic rings. The highest BCUT2D eigenvalue weighted by Gasteiger charge is 2.50. The number of nitrogens with one attached hydrogen (secondary N) is 3. The van der Waals surface area contributed by atoms with Gasteiger partial charge in [-0.2, -0.15) is 15.4 Å². The second kappa shape index (κ2) is 10.4. The summed E-state index contributed by atoms with van der Waals surface area (Å²) in [6.45, 7) is 9.79. The third kappa shape index (κ3) is 5.32. The van der Waals surface area contributed by atoms with Crippen molar-refractivity contribution in [2.45, 2.75) is 77.2 Å². The lowest BCUT2D eigenvalue weighted by molar-refractivity contribution is -0.106. The summed E-state index contributed by atoms with van der Waals surface area (Å²) in [4.78, 5) is 15.0. The Morgan fingerprint density at radius 1 is 1.16 bits per heavy atom. The molecule has 5 N–H and O–H groups in total. The van der Waals surface area contributed by atoms with E-state index >= 15 is 0 Å². The van der Waals surface area contributed by atoms with Gasteiger partial charge in [-0.05, 0) is 69.9 Å². The normalized spacial score (nSPS) is 23.2. The zero-order valence-corrected chi connectivity index (χ0v) is 22.1. The van der Waals surface area contributed by atoms with Crippen LogP contribution >= 0.6 is 0 Å². The van der Waals surface area contributed by atoms with Crippen LogP contribution in [0.15, 0.2) is 30.3 Å². The molecule has 37 heavy (non-hydrogen) atoms. The number of amides is 1. The molecular weight excluding hydrogens is 475 g/mol. The second-order valence-electron chi connectivity index (χ2n) is 10.3. The van der Waals surface area contributed by atoms with E-state index in [-0.39, 0.29) is 36.8 Å². The SMILES string of the molecule is CC.Cc1ccc(Nc2cc3n[nH]nc3cc2C(=O)N2CC(O)(C(C)NC3CCCC3(C)O)C2)c(F)c1. The Labute approximate surface area is 216 Å². The van der Waals surface area contributed by atoms with E-state index in [0.29, 0.717) is 22.3 Å². The summed E-state index contributed by atoms with van der Waals surface area (Å²) in [5.41, 5.74) is 0.893. The van der Waals surface area contributed by atoms with Crippen LogP contribution in [0.2, 0.25) is 0 Å². The van der Waals surface area contributed by atoms with E-state index in [1.54, 1.807) is 36.1 Å². The van der Waals surface area contributed by atoms with E-state index in [2.05, 4.69) is 26.0 Å². The number of aromatic amines is 1. The number of carbonyl (C=O) groups is 1. The number of rotatable bonds is 6. The number of β-amino-alcohol motifs (C(OH)–C–C–N with tert-alkyl or cyclic N) is 1. The Morgan fingerprint density at radius 3 is 2.46 bits per heavy atom. The van der Waals surface area contributed by atoms with E-state index in [9.17, 15) is 19.4 Å². The van der Waals surface area contributed by atoms with Gasteiger partial charge < -0.3 is 25.7 Å². The summed E-state index contributed by atoms with van der Waals surface area (Å²) >= 11 is 0. The largest absolute Gasteiger partial charge is 0.389 e. The number of likely N-dealkylation sites (tertiary alicyclic amines) is 1. The lowest BCUT2D eigenvalue weighted by Gasteiger charge is -2.51. The van der Waals surface area contributed by atoms with Crippen molar-refractivity contribution in [3.8, 4) is 0 Å². The average Bonchev–Trinajstić information content (AvgIpc) is 3.44. The van der Waals surface area contributed by atoms with Gasteiger partial charge >= 0.3 is 0 Å². The van der Waals surface area contributed by atoms with Gasteiger partial charge in [0.1, 0.15) is 22.5 Å². The molecule has 1 saturated heterocycles. The van der Waals surface area contributed by atoms with Crippen molar-refractivity contribution in [1.29, 1.82) is 0 Å². The van der Waals surface area contributed by atoms with Crippen molar-refractivity contribution in [1.82, 2.24) is 25.6 Å². The fourth-order valence-electron chi connectivity index (χ4n) is 5.11. The molecule has 1 saturated carbocycles. The van der Waals surface area contributed by atoms with Crippen LogP contribution in [0.25, 0.3) is 11.0 Å². The van der Waals surface area contributed by atoms with E-state index in [4.69, 9.17) is 0 Å². The number of carbonyl (C=O) groups excluding carboxylic acids is 1. The van der Waals surface area contributed by atoms with Crippen LogP contribution in [-0.4, -0.2) is 72.8 Å². The number of aromatic nitrogens is 3. The maximum absolute atomic E-state index is 14.5. The molecule has 200 valence electrons. The van der Waals surface area contributed by atoms with Gasteiger partial charge in [0.15, 0.2) is 0 Å². The predicted octanol–water partition coefficient (Wildman–Crippen LogP) is 3.64. The molecule has 3 atom stereocenters. The lowest BCUT2D eigenvalue weighted by Crippen LogP contribution is -2.72. The number of nitrogens with zero attached hydrogens (tertiary/aromatic N) is 3. The maximum atomic E-state index is 14.5. The number of fused-ring (bicyclic) bond motifs is 1. The third-order valence-electron chi connectivity index (χ3n) is 7.48. The first-order valence-corrected chi connectivity index (χ1v) is 12.9. The van der Waals surface area contributed by atoms with Crippen LogP contribution in [-0.2, 0) is 0 Å². The number of benzene rings is 2. The minimum absolute atomic E-state index is 0.0962. The number of halogens is 1. The van der Waals surface area contributed by atoms with Crippen molar-refractivity contribution in [3.63, 3.8) is 0 Å². The summed E-state index contributed by atoms with van der Waals surface area (Å²) in [7, 11) is 0. The molecule has 2 heterocycles. The molecule has 2 aliphatic rings. The molecule has 2 aromatic carbocycles. The van der Waals surface area contributed by atoms with Crippen molar-refractivity contribution < 1.29 is 19.4 Å². The van der Waals surface area contributed by atoms with Crippen molar-refractivity contribution in [3.05, 3.63) is 47.3 Å². The smallest absolute Gasteiger partial charge is 0.256 e. The maximum Gasteiger partial charge on any atom is 0.256 e. The molecule has 0 spiro atoms. The minimum Gasteiger partial charge on any atom is -0.389 e. The van der Waals surface area contributed by atoms with E-state index in [1.165, 1.54) is 6.07 Å². The number of hydrogen-bond donors (Lipinski definition) is 5. The Kier molecular flexibility index (Phi) is 7.55. The van der Waals surface area contributed by atoms with Crippen LogP contribution < -0.4 is 10.6 Å². The molecule has 0 radical (unpaired) electrons. The fourth-order valence-corrected chi connectivity index (χ4v) is 5.11. The van der Waals surface area contributed by atoms with Gasteiger partial charge in [0.05, 0.1) is 35.6 Å². The first-order valence-electron chi connectivity index (χ1n) is 12.9. The molecule has 2 fully saturated rings. The minimum atomic E-state index is -1.11. The predicted molar refractivity (Wildman–Crippen MR) is 141 cm³/mol. The summed E-state index contributed by atoms with van der Waals surface area (Å²) in [6, 6.07) is 7.70. The molecule has 1 aliphatic carbocycles. The molecule has 1 aliphatic heterocycles. The average molecular weight is 513 g/mol. The molecule has 0 bridgehead atoms. The van der Waals surface area contributed by atoms with Gasteiger partial charge in [0.25, 0.3) is 5.91 Å². The van der Waals surface area contributed by atoms with E-state index < -0.39 is 17.0 Å². The number of aliphatic hydroxyl groups is 2. The van der Waals surface area contributed by atoms with Gasteiger partial charge in [-0.15, -0.1) is 0 Å². The van der Waals surface area contributed by atoms with Crippen molar-refractivity contribution in [2.75, 3.05) is 18.4 Å². The Morgan fingerprint density at radius 2 is 1.84 bits per heavy atom. The Hall–Kier alpha value is -3.08. The first kappa shape index (κ1) is 27.0. The highest BCUT2D eigenvalue weighted by atomic mass is 19.1. The van der Waals surface area contributed by atoms with E-state index in [0.717, 1.165) is 24.8 Å². The zero-order valence-electron chi connectivity index (χ0n) is 22.1. The van der Waals surface area contributed by atoms with Gasteiger partial charge in [-0.25, -0.2) is 4.39 Å². The molecule has 9 nitrogen and oxygen atoms in total. The summed E-state index contributed by atoms with van der Waals surface area (Å²) in [5, 5.41) is 38.8. The molecule has 1 amide bonds. The lowest BCUT2D eigenvalue weighted by atomic mass is 9.85. The van der Waals surface area contributed by atoms with Gasteiger partial charge in [0.2, 0.25) is 0 Å². The summed E-state index contributed by atoms with van der Waals surface area (Å²) in [6.07, 6.45) is 2.50. The van der Waals surface area contributed by atoms with E-state index in [1.807, 2.05) is 27.7 Å². The zero-order chi connectivity index (χ0) is 27.0. The van der Waals surface area contributed by atoms with Crippen LogP contribution in [0.3, 0.4) is 0 Å². The van der Waals surface area contributed by atoms with Crippen LogP contribution in [0.1, 0.15) is 62.9 Å². The fraction of sp³-hybridized carbons (Fsp3) is 0.519. The Balaban J connectivity index is 0.00000156. The highest BCUT2D eigenvalue weighted by molar-refractivity contribution is 6.04. The molecule has 3 unspecified atom stereocenters. The van der Waals surface area contributed by atoms with Crippen LogP contribution in [0.5, 0.6) is 0 Å². The number of aryl methyl sites for hydroxylation is 1. The molecule has 10 heteroatoms. The third-order valence-corrected chi connectivity index (χ3v) is 7.48. The molecule has 1 aromatic heterocycles. The van der Waals surface area contributed by atoms with Crippen LogP contribution in [0, 0.1) is 12.7 Å². The summed E-state index contributed by atoms with van der Waals surface area (Å²) < 4.78 is 14.5. The number of hydrogen-bond acceptors (Lipinski definition) is 7. The number of anilines is 2. The Bertz CT molecular complexity index is 1270. The van der Waals surface area contributed by atoms with Crippen molar-refractivity contribution >= 4 is 28.3 Å². The molecular formula is C27H37FN6O3. The topological polar surface area (TPSA) is 126 Å². The quantitative estimate of drug-likeness (QED) is 0.341. The van der Waals surface area contributed by atoms with Crippen molar-refractivity contribution in [2.24, 2.45) is 0 Å². The van der Waals surface area contributed by atoms with Gasteiger partial charge in [-0.1, -0.05) is 19.9 Å². The first-order chi connectivity index (χ1) is 17.6.